The van der Waals surface area contributed by atoms with Crippen LogP contribution in [0.1, 0.15) is 129 Å². The fourth-order valence-corrected chi connectivity index (χ4v) is 6.20. The van der Waals surface area contributed by atoms with E-state index in [0.717, 1.165) is 37.0 Å². The Kier molecular flexibility index (Phi) is 23.9. The zero-order valence-corrected chi connectivity index (χ0v) is 28.9. The smallest absolute Gasteiger partial charge is 0.408 e. The van der Waals surface area contributed by atoms with E-state index in [9.17, 15) is 9.59 Å². The van der Waals surface area contributed by atoms with Gasteiger partial charge in [-0.2, -0.15) is 0 Å². The molecule has 0 aromatic rings. The van der Waals surface area contributed by atoms with Crippen molar-refractivity contribution in [1.29, 1.82) is 0 Å². The fourth-order valence-electron chi connectivity index (χ4n) is 5.47. The first-order valence-electron chi connectivity index (χ1n) is 16.8. The van der Waals surface area contributed by atoms with Crippen molar-refractivity contribution in [1.82, 2.24) is 10.6 Å². The summed E-state index contributed by atoms with van der Waals surface area (Å²) in [6.45, 7) is 6.72. The predicted molar refractivity (Wildman–Crippen MR) is 177 cm³/mol. The van der Waals surface area contributed by atoms with Crippen molar-refractivity contribution >= 4 is 34.8 Å². The van der Waals surface area contributed by atoms with Gasteiger partial charge in [-0.25, -0.2) is 9.59 Å². The molecule has 0 bridgehead atoms. The third-order valence-corrected chi connectivity index (χ3v) is 9.37. The predicted octanol–water partition coefficient (Wildman–Crippen LogP) is 8.11. The monoisotopic (exact) mass is 696 g/mol. The van der Waals surface area contributed by atoms with Gasteiger partial charge >= 0.3 is 12.2 Å². The molecule has 8 nitrogen and oxygen atoms in total. The topological polar surface area (TPSA) is 85.9 Å². The second-order valence-electron chi connectivity index (χ2n) is 12.1. The number of likely N-dealkylation sites (tertiary alicyclic amines) is 1. The summed E-state index contributed by atoms with van der Waals surface area (Å²) >= 11 is 2.01. The number of carbonyl (C=O) groups excluding carboxylic acids is 2. The Labute approximate surface area is 265 Å². The van der Waals surface area contributed by atoms with Crippen molar-refractivity contribution < 1.29 is 28.3 Å². The summed E-state index contributed by atoms with van der Waals surface area (Å²) in [6.07, 6.45) is 23.6. The molecular weight excluding hydrogens is 633 g/mol. The molecule has 1 fully saturated rings. The van der Waals surface area contributed by atoms with Gasteiger partial charge in [-0.1, -0.05) is 103 Å². The summed E-state index contributed by atoms with van der Waals surface area (Å²) in [5.41, 5.74) is 0. The molecule has 2 amide bonds. The maximum absolute atomic E-state index is 12.2. The number of alkyl halides is 1. The van der Waals surface area contributed by atoms with E-state index in [0.29, 0.717) is 13.1 Å². The number of carbonyl (C=O) groups is 2. The van der Waals surface area contributed by atoms with Crippen LogP contribution in [0.5, 0.6) is 0 Å². The van der Waals surface area contributed by atoms with Gasteiger partial charge in [-0.3, -0.25) is 0 Å². The van der Waals surface area contributed by atoms with E-state index in [4.69, 9.17) is 14.2 Å². The van der Waals surface area contributed by atoms with Crippen LogP contribution in [0, 0.1) is 0 Å². The summed E-state index contributed by atoms with van der Waals surface area (Å²) in [5, 5.41) is 5.66. The van der Waals surface area contributed by atoms with Crippen molar-refractivity contribution in [3.05, 3.63) is 0 Å². The Balaban J connectivity index is 1.96. The highest BCUT2D eigenvalue weighted by Crippen LogP contribution is 2.16. The number of unbranched alkanes of at least 4 members (excludes halogenated alkanes) is 15. The van der Waals surface area contributed by atoms with Crippen LogP contribution in [0.2, 0.25) is 0 Å². The molecule has 2 unspecified atom stereocenters. The number of hydrogen-bond acceptors (Lipinski definition) is 5. The molecule has 2 atom stereocenters. The number of nitrogens with zero attached hydrogens (tertiary/aromatic N) is 1. The molecule has 0 aromatic heterocycles. The van der Waals surface area contributed by atoms with Crippen molar-refractivity contribution in [2.24, 2.45) is 0 Å². The van der Waals surface area contributed by atoms with E-state index < -0.39 is 22.4 Å². The average molecular weight is 697 g/mol. The van der Waals surface area contributed by atoms with Crippen molar-refractivity contribution in [2.45, 2.75) is 139 Å². The molecule has 41 heavy (non-hydrogen) atoms. The maximum Gasteiger partial charge on any atom is 0.408 e. The third kappa shape index (κ3) is 21.5. The molecule has 9 heteroatoms. The Morgan fingerprint density at radius 3 is 1.73 bits per heavy atom. The summed E-state index contributed by atoms with van der Waals surface area (Å²) in [6, 6.07) is 0. The van der Waals surface area contributed by atoms with Crippen LogP contribution in [0.4, 0.5) is 9.59 Å². The number of piperidine rings is 1. The van der Waals surface area contributed by atoms with Gasteiger partial charge in [0.25, 0.3) is 0 Å². The number of alkyl carbamates (subject to hydrolysis) is 2. The highest BCUT2D eigenvalue weighted by Gasteiger charge is 2.26. The second-order valence-corrected chi connectivity index (χ2v) is 13.4. The molecule has 1 aliphatic heterocycles. The van der Waals surface area contributed by atoms with Gasteiger partial charge < -0.3 is 29.3 Å². The minimum Gasteiger partial charge on any atom is -0.447 e. The molecule has 0 aliphatic carbocycles. The average Bonchev–Trinajstić information content (AvgIpc) is 2.95. The number of methoxy groups -OCH3 is 1. The summed E-state index contributed by atoms with van der Waals surface area (Å²) in [5.74, 6) is 0. The Bertz CT molecular complexity index is 649. The lowest BCUT2D eigenvalue weighted by Gasteiger charge is -2.37. The zero-order valence-electron chi connectivity index (χ0n) is 26.7. The minimum absolute atomic E-state index is 0.0223. The SMILES string of the molecule is CCCCCCCCCCCCCCCCCCNC(=O)OC(I)C(COC(=O)NCC[N+]1(C)CCCCC1)OC. The minimum atomic E-state index is -0.561. The molecule has 2 N–H and O–H groups in total. The number of amides is 2. The number of ether oxygens (including phenoxy) is 3. The van der Waals surface area contributed by atoms with Crippen molar-refractivity contribution in [3.63, 3.8) is 0 Å². The maximum atomic E-state index is 12.2. The second kappa shape index (κ2) is 25.7. The number of hydrogen-bond donors (Lipinski definition) is 2. The first-order chi connectivity index (χ1) is 19.9. The van der Waals surface area contributed by atoms with E-state index in [-0.39, 0.29) is 6.61 Å². The number of likely N-dealkylation sites (N-methyl/N-ethyl adjacent to an activating group) is 1. The van der Waals surface area contributed by atoms with E-state index in [1.165, 1.54) is 116 Å². The quantitative estimate of drug-likeness (QED) is 0.0436. The Morgan fingerprint density at radius 2 is 1.22 bits per heavy atom. The molecule has 1 aliphatic rings. The van der Waals surface area contributed by atoms with E-state index in [2.05, 4.69) is 24.6 Å². The first kappa shape index (κ1) is 38.2. The van der Waals surface area contributed by atoms with Crippen molar-refractivity contribution in [3.8, 4) is 0 Å². The largest absolute Gasteiger partial charge is 0.447 e. The lowest BCUT2D eigenvalue weighted by molar-refractivity contribution is -0.912. The lowest BCUT2D eigenvalue weighted by Crippen LogP contribution is -2.51. The van der Waals surface area contributed by atoms with Gasteiger partial charge in [0.05, 0.1) is 33.2 Å². The third-order valence-electron chi connectivity index (χ3n) is 8.31. The van der Waals surface area contributed by atoms with Crippen LogP contribution >= 0.6 is 22.6 Å². The lowest BCUT2D eigenvalue weighted by atomic mass is 10.0. The molecule has 0 saturated carbocycles. The Hall–Kier alpha value is -0.810. The molecule has 0 radical (unpaired) electrons. The van der Waals surface area contributed by atoms with Gasteiger partial charge in [0.15, 0.2) is 4.11 Å². The summed E-state index contributed by atoms with van der Waals surface area (Å²) in [4.78, 5) is 24.3. The van der Waals surface area contributed by atoms with Gasteiger partial charge in [-0.15, -0.1) is 0 Å². The van der Waals surface area contributed by atoms with Crippen LogP contribution in [0.25, 0.3) is 0 Å². The zero-order chi connectivity index (χ0) is 30.0. The number of nitrogens with one attached hydrogen (secondary N) is 2. The summed E-state index contributed by atoms with van der Waals surface area (Å²) < 4.78 is 16.6. The normalized spacial score (nSPS) is 16.1. The van der Waals surface area contributed by atoms with Crippen LogP contribution in [0.3, 0.4) is 0 Å². The van der Waals surface area contributed by atoms with E-state index in [1.54, 1.807) is 0 Å². The van der Waals surface area contributed by atoms with Crippen LogP contribution < -0.4 is 10.6 Å². The van der Waals surface area contributed by atoms with E-state index >= 15 is 0 Å². The number of halogens is 1. The van der Waals surface area contributed by atoms with Gasteiger partial charge in [-0.05, 0) is 48.3 Å². The molecule has 0 aromatic carbocycles. The fraction of sp³-hybridized carbons (Fsp3) is 0.938. The number of quaternary nitrogens is 1. The standard InChI is InChI=1S/C32H62IN3O5/c1-4-5-6-7-8-9-10-11-12-13-14-15-16-17-18-20-23-34-32(38)41-30(33)29(39-3)28-40-31(37)35-24-27-36(2)25-21-19-22-26-36/h29-30H,4-28H2,1-3H3,(H-,34,35,37,38)/p+1. The molecule has 1 saturated heterocycles. The van der Waals surface area contributed by atoms with Gasteiger partial charge in [0.2, 0.25) is 0 Å². The Morgan fingerprint density at radius 1 is 0.732 bits per heavy atom. The molecule has 1 heterocycles. The number of rotatable bonds is 25. The van der Waals surface area contributed by atoms with Crippen molar-refractivity contribution in [2.75, 3.05) is 53.5 Å². The molecular formula is C32H63IN3O5+. The van der Waals surface area contributed by atoms with Crippen LogP contribution in [0.15, 0.2) is 0 Å². The molecule has 242 valence electrons. The van der Waals surface area contributed by atoms with Crippen LogP contribution in [-0.4, -0.2) is 80.4 Å². The van der Waals surface area contributed by atoms with E-state index in [1.807, 2.05) is 22.6 Å². The van der Waals surface area contributed by atoms with Gasteiger partial charge in [0, 0.05) is 13.7 Å². The molecule has 0 spiro atoms. The highest BCUT2D eigenvalue weighted by molar-refractivity contribution is 14.1. The van der Waals surface area contributed by atoms with Crippen LogP contribution in [-0.2, 0) is 14.2 Å². The first-order valence-corrected chi connectivity index (χ1v) is 18.0. The molecule has 1 rings (SSSR count). The summed E-state index contributed by atoms with van der Waals surface area (Å²) in [7, 11) is 3.77. The van der Waals surface area contributed by atoms with Gasteiger partial charge in [0.1, 0.15) is 12.7 Å². The highest BCUT2D eigenvalue weighted by atomic mass is 127.